The lowest BCUT2D eigenvalue weighted by atomic mass is 10.2. The van der Waals surface area contributed by atoms with Crippen LogP contribution in [0.5, 0.6) is 0 Å². The minimum Gasteiger partial charge on any atom is -0.395 e. The van der Waals surface area contributed by atoms with Gasteiger partial charge in [-0.15, -0.1) is 12.4 Å². The molecule has 12 heavy (non-hydrogen) atoms. The van der Waals surface area contributed by atoms with E-state index < -0.39 is 0 Å². The molecule has 3 nitrogen and oxygen atoms in total. The number of nitrogens with zero attached hydrogens (tertiary/aromatic N) is 1. The molecule has 0 aromatic rings. The first kappa shape index (κ1) is 11.7. The summed E-state index contributed by atoms with van der Waals surface area (Å²) in [6, 6.07) is 0. The average Bonchev–Trinajstić information content (AvgIpc) is 2.28. The van der Waals surface area contributed by atoms with Crippen molar-refractivity contribution < 1.29 is 5.11 Å². The molecule has 72 valence electrons. The molecule has 0 saturated heterocycles. The number of aliphatic imine (C=N–C) groups is 1. The Balaban J connectivity index is 0.00000121. The number of aliphatic hydroxyl groups is 1. The van der Waals surface area contributed by atoms with Gasteiger partial charge in [0, 0.05) is 19.5 Å². The lowest BCUT2D eigenvalue weighted by Gasteiger charge is -2.04. The number of amidine groups is 1. The molecular formula is C8H17ClN2O. The molecule has 0 unspecified atom stereocenters. The van der Waals surface area contributed by atoms with E-state index in [0.29, 0.717) is 6.54 Å². The maximum atomic E-state index is 8.55. The Hall–Kier alpha value is -0.280. The molecule has 0 amide bonds. The summed E-state index contributed by atoms with van der Waals surface area (Å²) in [5.41, 5.74) is 0. The van der Waals surface area contributed by atoms with Crippen molar-refractivity contribution in [1.29, 1.82) is 0 Å². The van der Waals surface area contributed by atoms with Crippen LogP contribution in [0, 0.1) is 0 Å². The van der Waals surface area contributed by atoms with E-state index in [4.69, 9.17) is 5.11 Å². The van der Waals surface area contributed by atoms with E-state index in [0.717, 1.165) is 18.8 Å². The molecule has 1 heterocycles. The zero-order chi connectivity index (χ0) is 7.94. The fourth-order valence-electron chi connectivity index (χ4n) is 1.22. The molecule has 0 spiro atoms. The summed E-state index contributed by atoms with van der Waals surface area (Å²) >= 11 is 0. The Morgan fingerprint density at radius 3 is 2.92 bits per heavy atom. The van der Waals surface area contributed by atoms with Crippen molar-refractivity contribution in [3.8, 4) is 0 Å². The zero-order valence-electron chi connectivity index (χ0n) is 7.25. The van der Waals surface area contributed by atoms with Gasteiger partial charge in [-0.25, -0.2) is 0 Å². The van der Waals surface area contributed by atoms with Crippen molar-refractivity contribution in [2.24, 2.45) is 4.99 Å². The zero-order valence-corrected chi connectivity index (χ0v) is 8.07. The van der Waals surface area contributed by atoms with Crippen LogP contribution in [0.2, 0.25) is 0 Å². The van der Waals surface area contributed by atoms with Crippen LogP contribution < -0.4 is 5.32 Å². The molecule has 1 aliphatic rings. The lowest BCUT2D eigenvalue weighted by Crippen LogP contribution is -2.26. The van der Waals surface area contributed by atoms with Crippen molar-refractivity contribution in [3.05, 3.63) is 0 Å². The smallest absolute Gasteiger partial charge is 0.0963 e. The number of aliphatic hydroxyl groups excluding tert-OH is 1. The number of rotatable bonds is 2. The molecule has 0 fully saturated rings. The standard InChI is InChI=1S/C8H16N2O.ClH/c11-7-6-10-8-4-2-1-3-5-9-8;/h11H,1-7H2,(H,9,10);1H. The summed E-state index contributed by atoms with van der Waals surface area (Å²) in [5, 5.41) is 11.7. The first-order valence-electron chi connectivity index (χ1n) is 4.31. The largest absolute Gasteiger partial charge is 0.395 e. The van der Waals surface area contributed by atoms with Gasteiger partial charge in [0.25, 0.3) is 0 Å². The highest BCUT2D eigenvalue weighted by atomic mass is 35.5. The van der Waals surface area contributed by atoms with E-state index in [9.17, 15) is 0 Å². The van der Waals surface area contributed by atoms with Crippen LogP contribution in [0.1, 0.15) is 25.7 Å². The maximum absolute atomic E-state index is 8.55. The fourth-order valence-corrected chi connectivity index (χ4v) is 1.22. The third kappa shape index (κ3) is 4.57. The quantitative estimate of drug-likeness (QED) is 0.685. The van der Waals surface area contributed by atoms with Crippen molar-refractivity contribution >= 4 is 18.2 Å². The third-order valence-electron chi connectivity index (χ3n) is 1.82. The molecule has 0 aromatic carbocycles. The second-order valence-electron chi connectivity index (χ2n) is 2.79. The normalized spacial score (nSPS) is 17.2. The van der Waals surface area contributed by atoms with E-state index in [-0.39, 0.29) is 19.0 Å². The first-order valence-corrected chi connectivity index (χ1v) is 4.31. The topological polar surface area (TPSA) is 44.6 Å². The van der Waals surface area contributed by atoms with Gasteiger partial charge in [0.05, 0.1) is 12.4 Å². The molecule has 0 atom stereocenters. The molecule has 0 aliphatic carbocycles. The van der Waals surface area contributed by atoms with Crippen LogP contribution in [0.4, 0.5) is 0 Å². The highest BCUT2D eigenvalue weighted by Crippen LogP contribution is 2.05. The van der Waals surface area contributed by atoms with Crippen molar-refractivity contribution in [3.63, 3.8) is 0 Å². The maximum Gasteiger partial charge on any atom is 0.0963 e. The van der Waals surface area contributed by atoms with Crippen LogP contribution in [-0.2, 0) is 0 Å². The highest BCUT2D eigenvalue weighted by Gasteiger charge is 2.01. The van der Waals surface area contributed by atoms with E-state index in [1.54, 1.807) is 0 Å². The second-order valence-corrected chi connectivity index (χ2v) is 2.79. The molecule has 0 bridgehead atoms. The van der Waals surface area contributed by atoms with Crippen LogP contribution in [0.15, 0.2) is 4.99 Å². The Bertz CT molecular complexity index is 139. The minimum atomic E-state index is 0. The summed E-state index contributed by atoms with van der Waals surface area (Å²) < 4.78 is 0. The van der Waals surface area contributed by atoms with Gasteiger partial charge in [-0.3, -0.25) is 4.99 Å². The Morgan fingerprint density at radius 1 is 1.33 bits per heavy atom. The van der Waals surface area contributed by atoms with Crippen LogP contribution in [0.25, 0.3) is 0 Å². The summed E-state index contributed by atoms with van der Waals surface area (Å²) in [6.07, 6.45) is 4.79. The van der Waals surface area contributed by atoms with E-state index in [1.165, 1.54) is 19.3 Å². The monoisotopic (exact) mass is 192 g/mol. The summed E-state index contributed by atoms with van der Waals surface area (Å²) in [4.78, 5) is 4.36. The molecule has 1 aliphatic heterocycles. The summed E-state index contributed by atoms with van der Waals surface area (Å²) in [5.74, 6) is 1.08. The summed E-state index contributed by atoms with van der Waals surface area (Å²) in [7, 11) is 0. The van der Waals surface area contributed by atoms with Gasteiger partial charge in [0.1, 0.15) is 0 Å². The Morgan fingerprint density at radius 2 is 2.17 bits per heavy atom. The summed E-state index contributed by atoms with van der Waals surface area (Å²) in [6.45, 7) is 1.78. The van der Waals surface area contributed by atoms with Gasteiger partial charge in [-0.1, -0.05) is 6.42 Å². The molecule has 0 aromatic heterocycles. The highest BCUT2D eigenvalue weighted by molar-refractivity contribution is 5.85. The molecule has 2 N–H and O–H groups in total. The third-order valence-corrected chi connectivity index (χ3v) is 1.82. The van der Waals surface area contributed by atoms with Crippen molar-refractivity contribution in [2.45, 2.75) is 25.7 Å². The first-order chi connectivity index (χ1) is 5.43. The molecular weight excluding hydrogens is 176 g/mol. The van der Waals surface area contributed by atoms with Gasteiger partial charge >= 0.3 is 0 Å². The molecule has 4 heteroatoms. The van der Waals surface area contributed by atoms with Gasteiger partial charge in [0.15, 0.2) is 0 Å². The number of halogens is 1. The number of hydrogen-bond acceptors (Lipinski definition) is 3. The Labute approximate surface area is 79.7 Å². The minimum absolute atomic E-state index is 0. The second kappa shape index (κ2) is 7.37. The molecule has 0 saturated carbocycles. The molecule has 1 rings (SSSR count). The van der Waals surface area contributed by atoms with E-state index in [1.807, 2.05) is 0 Å². The molecule has 0 radical (unpaired) electrons. The van der Waals surface area contributed by atoms with Crippen LogP contribution >= 0.6 is 12.4 Å². The van der Waals surface area contributed by atoms with Gasteiger partial charge in [0.2, 0.25) is 0 Å². The predicted molar refractivity (Wildman–Crippen MR) is 53.1 cm³/mol. The van der Waals surface area contributed by atoms with Crippen molar-refractivity contribution in [1.82, 2.24) is 5.32 Å². The Kier molecular flexibility index (Phi) is 7.20. The SMILES string of the molecule is Cl.OCCNC1=NCCCCC1. The lowest BCUT2D eigenvalue weighted by molar-refractivity contribution is 0.300. The van der Waals surface area contributed by atoms with Gasteiger partial charge in [-0.05, 0) is 12.8 Å². The van der Waals surface area contributed by atoms with Crippen molar-refractivity contribution in [2.75, 3.05) is 19.7 Å². The van der Waals surface area contributed by atoms with E-state index in [2.05, 4.69) is 10.3 Å². The van der Waals surface area contributed by atoms with Crippen LogP contribution in [0.3, 0.4) is 0 Å². The number of nitrogens with one attached hydrogen (secondary N) is 1. The van der Waals surface area contributed by atoms with E-state index >= 15 is 0 Å². The number of hydrogen-bond donors (Lipinski definition) is 2. The van der Waals surface area contributed by atoms with Gasteiger partial charge < -0.3 is 10.4 Å². The van der Waals surface area contributed by atoms with Gasteiger partial charge in [-0.2, -0.15) is 0 Å². The predicted octanol–water partition coefficient (Wildman–Crippen LogP) is 0.963. The fraction of sp³-hybridized carbons (Fsp3) is 0.875. The average molecular weight is 193 g/mol. The van der Waals surface area contributed by atoms with Crippen LogP contribution in [-0.4, -0.2) is 30.6 Å².